The highest BCUT2D eigenvalue weighted by molar-refractivity contribution is 7.98. The van der Waals surface area contributed by atoms with Crippen LogP contribution in [-0.4, -0.2) is 4.98 Å². The first-order valence-electron chi connectivity index (χ1n) is 7.05. The minimum Gasteiger partial charge on any atom is -0.395 e. The van der Waals surface area contributed by atoms with Crippen LogP contribution in [0.2, 0.25) is 0 Å². The Hall–Kier alpha value is -2.39. The van der Waals surface area contributed by atoms with Gasteiger partial charge in [-0.2, -0.15) is 5.26 Å². The fourth-order valence-corrected chi connectivity index (χ4v) is 3.46. The van der Waals surface area contributed by atoms with Gasteiger partial charge in [-0.3, -0.25) is 0 Å². The molecular weight excluding hydrogens is 294 g/mol. The Balaban J connectivity index is 1.86. The largest absolute Gasteiger partial charge is 0.395 e. The van der Waals surface area contributed by atoms with E-state index in [-0.39, 0.29) is 5.82 Å². The molecule has 0 saturated heterocycles. The molecule has 1 heterocycles. The van der Waals surface area contributed by atoms with E-state index in [2.05, 4.69) is 17.1 Å². The standard InChI is InChI=1S/C16H17N5S/c17-7-9-1-4-12(10-2-3-10)11(5-9)8-22-13-6-14(18)21-16(20)15(13)19/h1,4-6,10H,2-3,8,19H2,(H4,18,20,21). The number of nitrogen functional groups attached to an aromatic ring is 3. The first kappa shape index (κ1) is 14.5. The molecule has 1 saturated carbocycles. The topological polar surface area (TPSA) is 115 Å². The highest BCUT2D eigenvalue weighted by atomic mass is 32.2. The lowest BCUT2D eigenvalue weighted by atomic mass is 10.0. The number of nitrogens with zero attached hydrogens (tertiary/aromatic N) is 2. The van der Waals surface area contributed by atoms with E-state index in [1.54, 1.807) is 17.8 Å². The maximum absolute atomic E-state index is 9.09. The summed E-state index contributed by atoms with van der Waals surface area (Å²) in [5, 5.41) is 9.09. The Kier molecular flexibility index (Phi) is 3.82. The molecule has 1 aromatic carbocycles. The molecular formula is C16H17N5S. The van der Waals surface area contributed by atoms with Gasteiger partial charge in [0.1, 0.15) is 11.6 Å². The SMILES string of the molecule is N#Cc1ccc(C2CC2)c(CSc2cc(N)nc(N)c2N)c1. The van der Waals surface area contributed by atoms with E-state index in [9.17, 15) is 0 Å². The summed E-state index contributed by atoms with van der Waals surface area (Å²) in [5.74, 6) is 1.99. The highest BCUT2D eigenvalue weighted by Crippen LogP contribution is 2.43. The van der Waals surface area contributed by atoms with Gasteiger partial charge in [-0.05, 0) is 48.1 Å². The van der Waals surface area contributed by atoms with Gasteiger partial charge in [0.2, 0.25) is 0 Å². The third kappa shape index (κ3) is 2.95. The van der Waals surface area contributed by atoms with Crippen LogP contribution in [-0.2, 0) is 5.75 Å². The molecule has 3 rings (SSSR count). The molecule has 1 aliphatic rings. The van der Waals surface area contributed by atoms with Crippen LogP contribution in [0.4, 0.5) is 17.3 Å². The first-order chi connectivity index (χ1) is 10.6. The van der Waals surface area contributed by atoms with Crippen molar-refractivity contribution in [2.24, 2.45) is 0 Å². The van der Waals surface area contributed by atoms with E-state index in [1.165, 1.54) is 24.0 Å². The first-order valence-corrected chi connectivity index (χ1v) is 8.04. The molecule has 22 heavy (non-hydrogen) atoms. The lowest BCUT2D eigenvalue weighted by Crippen LogP contribution is -2.03. The third-order valence-electron chi connectivity index (χ3n) is 3.74. The van der Waals surface area contributed by atoms with Gasteiger partial charge in [0, 0.05) is 10.6 Å². The van der Waals surface area contributed by atoms with Gasteiger partial charge in [-0.15, -0.1) is 11.8 Å². The predicted molar refractivity (Wildman–Crippen MR) is 90.2 cm³/mol. The van der Waals surface area contributed by atoms with Crippen molar-refractivity contribution in [2.75, 3.05) is 17.2 Å². The number of nitrogens with two attached hydrogens (primary N) is 3. The number of pyridine rings is 1. The molecule has 112 valence electrons. The minimum absolute atomic E-state index is 0.260. The number of nitriles is 1. The molecule has 2 aromatic rings. The Bertz CT molecular complexity index is 762. The second-order valence-corrected chi connectivity index (χ2v) is 6.45. The van der Waals surface area contributed by atoms with E-state index in [0.29, 0.717) is 23.0 Å². The summed E-state index contributed by atoms with van der Waals surface area (Å²) in [6, 6.07) is 9.86. The molecule has 6 N–H and O–H groups in total. The van der Waals surface area contributed by atoms with Crippen molar-refractivity contribution < 1.29 is 0 Å². The minimum atomic E-state index is 0.260. The number of rotatable bonds is 4. The van der Waals surface area contributed by atoms with Crippen molar-refractivity contribution in [2.45, 2.75) is 29.4 Å². The number of benzene rings is 1. The average Bonchev–Trinajstić information content (AvgIpc) is 3.33. The quantitative estimate of drug-likeness (QED) is 0.748. The van der Waals surface area contributed by atoms with Crippen molar-refractivity contribution in [3.63, 3.8) is 0 Å². The van der Waals surface area contributed by atoms with Gasteiger partial charge in [-0.1, -0.05) is 6.07 Å². The molecule has 0 bridgehead atoms. The molecule has 0 spiro atoms. The lowest BCUT2D eigenvalue weighted by Gasteiger charge is -2.11. The Labute approximate surface area is 133 Å². The van der Waals surface area contributed by atoms with Crippen LogP contribution in [0.3, 0.4) is 0 Å². The van der Waals surface area contributed by atoms with Crippen LogP contribution >= 0.6 is 11.8 Å². The molecule has 0 radical (unpaired) electrons. The molecule has 0 amide bonds. The molecule has 0 unspecified atom stereocenters. The number of thioether (sulfide) groups is 1. The van der Waals surface area contributed by atoms with Crippen LogP contribution in [0.25, 0.3) is 0 Å². The number of hydrogen-bond donors (Lipinski definition) is 3. The van der Waals surface area contributed by atoms with Gasteiger partial charge in [0.05, 0.1) is 17.3 Å². The maximum atomic E-state index is 9.09. The summed E-state index contributed by atoms with van der Waals surface area (Å²) in [6.07, 6.45) is 2.45. The monoisotopic (exact) mass is 311 g/mol. The summed E-state index contributed by atoms with van der Waals surface area (Å²) in [5.41, 5.74) is 21.1. The van der Waals surface area contributed by atoms with Crippen LogP contribution < -0.4 is 17.2 Å². The normalized spacial score (nSPS) is 13.8. The number of anilines is 3. The summed E-state index contributed by atoms with van der Waals surface area (Å²) in [4.78, 5) is 4.77. The fourth-order valence-electron chi connectivity index (χ4n) is 2.44. The van der Waals surface area contributed by atoms with Crippen LogP contribution in [0.1, 0.15) is 35.4 Å². The Morgan fingerprint density at radius 1 is 1.23 bits per heavy atom. The predicted octanol–water partition coefficient (Wildman–Crippen LogP) is 2.87. The van der Waals surface area contributed by atoms with Gasteiger partial charge >= 0.3 is 0 Å². The maximum Gasteiger partial charge on any atom is 0.150 e. The summed E-state index contributed by atoms with van der Waals surface area (Å²) in [7, 11) is 0. The van der Waals surface area contributed by atoms with Gasteiger partial charge in [0.25, 0.3) is 0 Å². The molecule has 1 aromatic heterocycles. The van der Waals surface area contributed by atoms with E-state index in [0.717, 1.165) is 10.6 Å². The second-order valence-electron chi connectivity index (χ2n) is 5.43. The van der Waals surface area contributed by atoms with E-state index < -0.39 is 0 Å². The molecule has 0 atom stereocenters. The number of hydrogen-bond acceptors (Lipinski definition) is 6. The van der Waals surface area contributed by atoms with Crippen molar-refractivity contribution >= 4 is 29.1 Å². The average molecular weight is 311 g/mol. The zero-order valence-corrected chi connectivity index (χ0v) is 12.9. The summed E-state index contributed by atoms with van der Waals surface area (Å²) >= 11 is 1.57. The fraction of sp³-hybridized carbons (Fsp3) is 0.250. The third-order valence-corrected chi connectivity index (χ3v) is 4.85. The molecule has 6 heteroatoms. The van der Waals surface area contributed by atoms with Crippen molar-refractivity contribution in [3.05, 3.63) is 41.0 Å². The van der Waals surface area contributed by atoms with Gasteiger partial charge in [0.15, 0.2) is 0 Å². The second kappa shape index (κ2) is 5.78. The Morgan fingerprint density at radius 2 is 2.00 bits per heavy atom. The smallest absolute Gasteiger partial charge is 0.150 e. The number of aromatic nitrogens is 1. The van der Waals surface area contributed by atoms with E-state index in [1.807, 2.05) is 12.1 Å². The molecule has 0 aliphatic heterocycles. The van der Waals surface area contributed by atoms with Crippen molar-refractivity contribution in [1.29, 1.82) is 5.26 Å². The van der Waals surface area contributed by atoms with Crippen molar-refractivity contribution in [3.8, 4) is 6.07 Å². The zero-order chi connectivity index (χ0) is 15.7. The lowest BCUT2D eigenvalue weighted by molar-refractivity contribution is 1.09. The van der Waals surface area contributed by atoms with Gasteiger partial charge < -0.3 is 17.2 Å². The summed E-state index contributed by atoms with van der Waals surface area (Å²) in [6.45, 7) is 0. The summed E-state index contributed by atoms with van der Waals surface area (Å²) < 4.78 is 0. The Morgan fingerprint density at radius 3 is 2.68 bits per heavy atom. The highest BCUT2D eigenvalue weighted by Gasteiger charge is 2.26. The van der Waals surface area contributed by atoms with E-state index in [4.69, 9.17) is 22.5 Å². The van der Waals surface area contributed by atoms with Crippen LogP contribution in [0.15, 0.2) is 29.2 Å². The van der Waals surface area contributed by atoms with Crippen molar-refractivity contribution in [1.82, 2.24) is 4.98 Å². The molecule has 1 aliphatic carbocycles. The zero-order valence-electron chi connectivity index (χ0n) is 12.0. The van der Waals surface area contributed by atoms with Crippen LogP contribution in [0, 0.1) is 11.3 Å². The van der Waals surface area contributed by atoms with E-state index >= 15 is 0 Å². The van der Waals surface area contributed by atoms with Gasteiger partial charge in [-0.25, -0.2) is 4.98 Å². The van der Waals surface area contributed by atoms with Crippen LogP contribution in [0.5, 0.6) is 0 Å². The molecule has 1 fully saturated rings. The molecule has 5 nitrogen and oxygen atoms in total.